The van der Waals surface area contributed by atoms with Gasteiger partial charge in [0.2, 0.25) is 5.91 Å². The van der Waals surface area contributed by atoms with Gasteiger partial charge in [-0.15, -0.1) is 0 Å². The third-order valence-electron chi connectivity index (χ3n) is 1.77. The number of rotatable bonds is 8. The first kappa shape index (κ1) is 13.9. The van der Waals surface area contributed by atoms with Crippen molar-refractivity contribution in [2.45, 2.75) is 46.5 Å². The summed E-state index contributed by atoms with van der Waals surface area (Å²) in [5, 5.41) is 6.58. The summed E-state index contributed by atoms with van der Waals surface area (Å²) in [5.41, 5.74) is 0.860. The highest BCUT2D eigenvalue weighted by Gasteiger charge is 1.99. The van der Waals surface area contributed by atoms with Gasteiger partial charge in [-0.1, -0.05) is 24.9 Å². The minimum atomic E-state index is 0.0371. The van der Waals surface area contributed by atoms with Gasteiger partial charge in [-0.3, -0.25) is 4.79 Å². The molecule has 0 spiro atoms. The van der Waals surface area contributed by atoms with E-state index in [0.29, 0.717) is 13.0 Å². The Morgan fingerprint density at radius 2 is 2.07 bits per heavy atom. The second-order valence-corrected chi connectivity index (χ2v) is 3.68. The van der Waals surface area contributed by atoms with Crippen LogP contribution in [0.25, 0.3) is 0 Å². The predicted molar refractivity (Wildman–Crippen MR) is 61.9 cm³/mol. The second kappa shape index (κ2) is 9.49. The van der Waals surface area contributed by atoms with Crippen LogP contribution in [0.5, 0.6) is 0 Å². The van der Waals surface area contributed by atoms with Crippen molar-refractivity contribution < 1.29 is 9.63 Å². The Morgan fingerprint density at radius 1 is 1.33 bits per heavy atom. The number of unbranched alkanes of at least 4 members (excludes halogenated alkanes) is 2. The van der Waals surface area contributed by atoms with Crippen molar-refractivity contribution in [3.8, 4) is 0 Å². The summed E-state index contributed by atoms with van der Waals surface area (Å²) < 4.78 is 0. The van der Waals surface area contributed by atoms with Crippen LogP contribution in [0.15, 0.2) is 5.16 Å². The van der Waals surface area contributed by atoms with Gasteiger partial charge in [0.25, 0.3) is 0 Å². The molecule has 0 saturated carbocycles. The molecule has 4 heteroatoms. The highest BCUT2D eigenvalue weighted by molar-refractivity contribution is 5.78. The molecule has 1 amide bonds. The molecule has 4 nitrogen and oxygen atoms in total. The normalized spacial score (nSPS) is 9.53. The van der Waals surface area contributed by atoms with Crippen LogP contribution in [0.4, 0.5) is 0 Å². The smallest absolute Gasteiger partial charge is 0.223 e. The summed E-state index contributed by atoms with van der Waals surface area (Å²) >= 11 is 0. The van der Waals surface area contributed by atoms with Crippen LogP contribution in [0.3, 0.4) is 0 Å². The standard InChI is InChI=1S/C11H22N2O2/c1-4-5-6-8-12-11(14)7-9-15-13-10(2)3/h4-9H2,1-3H3,(H,12,14). The first-order valence-corrected chi connectivity index (χ1v) is 5.56. The van der Waals surface area contributed by atoms with Crippen LogP contribution in [0.2, 0.25) is 0 Å². The molecule has 0 unspecified atom stereocenters. The van der Waals surface area contributed by atoms with Gasteiger partial charge in [0.1, 0.15) is 6.61 Å². The fraction of sp³-hybridized carbons (Fsp3) is 0.818. The van der Waals surface area contributed by atoms with Crippen LogP contribution in [-0.4, -0.2) is 24.8 Å². The van der Waals surface area contributed by atoms with E-state index in [1.165, 1.54) is 6.42 Å². The van der Waals surface area contributed by atoms with Crippen LogP contribution in [-0.2, 0) is 9.63 Å². The minimum Gasteiger partial charge on any atom is -0.395 e. The van der Waals surface area contributed by atoms with Gasteiger partial charge in [-0.25, -0.2) is 0 Å². The zero-order valence-corrected chi connectivity index (χ0v) is 10.0. The van der Waals surface area contributed by atoms with Gasteiger partial charge >= 0.3 is 0 Å². The molecule has 0 radical (unpaired) electrons. The van der Waals surface area contributed by atoms with Gasteiger partial charge < -0.3 is 10.2 Å². The molecule has 0 aromatic carbocycles. The number of carbonyl (C=O) groups is 1. The third-order valence-corrected chi connectivity index (χ3v) is 1.77. The molecule has 0 aliphatic heterocycles. The molecule has 0 heterocycles. The number of oxime groups is 1. The summed E-state index contributed by atoms with van der Waals surface area (Å²) in [6, 6.07) is 0. The monoisotopic (exact) mass is 214 g/mol. The Bertz CT molecular complexity index is 199. The summed E-state index contributed by atoms with van der Waals surface area (Å²) in [4.78, 5) is 16.1. The van der Waals surface area contributed by atoms with Crippen LogP contribution < -0.4 is 5.32 Å². The number of carbonyl (C=O) groups excluding carboxylic acids is 1. The maximum absolute atomic E-state index is 11.2. The molecular formula is C11H22N2O2. The van der Waals surface area contributed by atoms with Gasteiger partial charge in [-0.2, -0.15) is 0 Å². The lowest BCUT2D eigenvalue weighted by atomic mass is 10.2. The quantitative estimate of drug-likeness (QED) is 0.382. The third kappa shape index (κ3) is 10.9. The Kier molecular flexibility index (Phi) is 8.82. The van der Waals surface area contributed by atoms with Crippen molar-refractivity contribution in [1.82, 2.24) is 5.32 Å². The maximum atomic E-state index is 11.2. The number of nitrogens with one attached hydrogen (secondary N) is 1. The van der Waals surface area contributed by atoms with E-state index >= 15 is 0 Å². The van der Waals surface area contributed by atoms with Crippen molar-refractivity contribution in [1.29, 1.82) is 0 Å². The number of hydrogen-bond donors (Lipinski definition) is 1. The van der Waals surface area contributed by atoms with Crippen molar-refractivity contribution in [2.24, 2.45) is 5.16 Å². The SMILES string of the molecule is CCCCCNC(=O)CCON=C(C)C. The van der Waals surface area contributed by atoms with E-state index in [1.54, 1.807) is 0 Å². The minimum absolute atomic E-state index is 0.0371. The average molecular weight is 214 g/mol. The zero-order chi connectivity index (χ0) is 11.5. The molecule has 0 aliphatic rings. The molecule has 88 valence electrons. The largest absolute Gasteiger partial charge is 0.395 e. The number of amides is 1. The zero-order valence-electron chi connectivity index (χ0n) is 10.0. The first-order chi connectivity index (χ1) is 7.16. The van der Waals surface area contributed by atoms with Crippen molar-refractivity contribution in [3.05, 3.63) is 0 Å². The topological polar surface area (TPSA) is 50.7 Å². The van der Waals surface area contributed by atoms with E-state index < -0.39 is 0 Å². The van der Waals surface area contributed by atoms with Crippen LogP contribution in [0, 0.1) is 0 Å². The fourth-order valence-corrected chi connectivity index (χ4v) is 1.00. The van der Waals surface area contributed by atoms with Crippen LogP contribution >= 0.6 is 0 Å². The van der Waals surface area contributed by atoms with Crippen molar-refractivity contribution in [3.63, 3.8) is 0 Å². The van der Waals surface area contributed by atoms with Gasteiger partial charge in [0, 0.05) is 6.54 Å². The summed E-state index contributed by atoms with van der Waals surface area (Å²) in [7, 11) is 0. The fourth-order valence-electron chi connectivity index (χ4n) is 1.00. The lowest BCUT2D eigenvalue weighted by Gasteiger charge is -2.03. The molecule has 0 aromatic rings. The number of hydrogen-bond acceptors (Lipinski definition) is 3. The first-order valence-electron chi connectivity index (χ1n) is 5.56. The Morgan fingerprint density at radius 3 is 2.67 bits per heavy atom. The molecule has 0 aromatic heterocycles. The molecule has 0 aliphatic carbocycles. The Balaban J connectivity index is 3.30. The van der Waals surface area contributed by atoms with Crippen molar-refractivity contribution >= 4 is 11.6 Å². The summed E-state index contributed by atoms with van der Waals surface area (Å²) in [6.45, 7) is 6.96. The highest BCUT2D eigenvalue weighted by Crippen LogP contribution is 1.92. The Hall–Kier alpha value is -1.06. The van der Waals surface area contributed by atoms with Gasteiger partial charge in [-0.05, 0) is 20.3 Å². The van der Waals surface area contributed by atoms with Gasteiger partial charge in [0.05, 0.1) is 12.1 Å². The lowest BCUT2D eigenvalue weighted by molar-refractivity contribution is -0.122. The molecule has 0 rings (SSSR count). The van der Waals surface area contributed by atoms with Crippen LogP contribution in [0.1, 0.15) is 46.5 Å². The summed E-state index contributed by atoms with van der Waals surface area (Å²) in [6.07, 6.45) is 3.76. The molecule has 0 bridgehead atoms. The van der Waals surface area contributed by atoms with Gasteiger partial charge in [0.15, 0.2) is 0 Å². The lowest BCUT2D eigenvalue weighted by Crippen LogP contribution is -2.25. The van der Waals surface area contributed by atoms with E-state index in [4.69, 9.17) is 4.84 Å². The Labute approximate surface area is 92.1 Å². The van der Waals surface area contributed by atoms with E-state index in [9.17, 15) is 4.79 Å². The maximum Gasteiger partial charge on any atom is 0.223 e. The van der Waals surface area contributed by atoms with E-state index in [2.05, 4.69) is 17.4 Å². The summed E-state index contributed by atoms with van der Waals surface area (Å²) in [5.74, 6) is 0.0371. The molecule has 0 fully saturated rings. The molecular weight excluding hydrogens is 192 g/mol. The highest BCUT2D eigenvalue weighted by atomic mass is 16.6. The second-order valence-electron chi connectivity index (χ2n) is 3.68. The molecule has 1 N–H and O–H groups in total. The molecule has 0 atom stereocenters. The molecule has 15 heavy (non-hydrogen) atoms. The number of nitrogens with zero attached hydrogens (tertiary/aromatic N) is 1. The van der Waals surface area contributed by atoms with E-state index in [0.717, 1.165) is 25.1 Å². The molecule has 0 saturated heterocycles. The average Bonchev–Trinajstić information content (AvgIpc) is 2.19. The van der Waals surface area contributed by atoms with E-state index in [1.807, 2.05) is 13.8 Å². The van der Waals surface area contributed by atoms with E-state index in [-0.39, 0.29) is 5.91 Å². The van der Waals surface area contributed by atoms with Crippen molar-refractivity contribution in [2.75, 3.05) is 13.2 Å². The predicted octanol–water partition coefficient (Wildman–Crippen LogP) is 2.10.